The lowest BCUT2D eigenvalue weighted by molar-refractivity contribution is -0.147. The summed E-state index contributed by atoms with van der Waals surface area (Å²) in [6.45, 7) is 4.88. The van der Waals surface area contributed by atoms with Gasteiger partial charge in [-0.2, -0.15) is 0 Å². The molecule has 0 saturated carbocycles. The van der Waals surface area contributed by atoms with Gasteiger partial charge in [-0.25, -0.2) is 4.79 Å². The molecule has 0 saturated heterocycles. The quantitative estimate of drug-likeness (QED) is 0.0392. The summed E-state index contributed by atoms with van der Waals surface area (Å²) in [6, 6.07) is -0.871. The molecule has 0 radical (unpaired) electrons. The van der Waals surface area contributed by atoms with E-state index in [1.807, 2.05) is 6.08 Å². The molecule has 7 nitrogen and oxygen atoms in total. The van der Waals surface area contributed by atoms with Gasteiger partial charge in [0.15, 0.2) is 0 Å². The first kappa shape index (κ1) is 41.9. The number of nitrogens with one attached hydrogen (secondary N) is 1. The van der Waals surface area contributed by atoms with E-state index >= 15 is 0 Å². The minimum atomic E-state index is -1.02. The molecule has 4 N–H and O–H groups in total. The van der Waals surface area contributed by atoms with Crippen LogP contribution < -0.4 is 11.1 Å². The van der Waals surface area contributed by atoms with Crippen LogP contribution in [0.1, 0.15) is 174 Å². The zero-order valence-electron chi connectivity index (χ0n) is 28.5. The summed E-state index contributed by atoms with van der Waals surface area (Å²) in [5.74, 6) is -1.35. The first-order valence-corrected chi connectivity index (χ1v) is 18.2. The number of unbranched alkanes of at least 4 members (excludes halogenated alkanes) is 16. The van der Waals surface area contributed by atoms with E-state index in [0.29, 0.717) is 38.6 Å². The van der Waals surface area contributed by atoms with Crippen LogP contribution in [-0.2, 0) is 19.1 Å². The maximum absolute atomic E-state index is 12.6. The van der Waals surface area contributed by atoms with E-state index in [2.05, 4.69) is 37.4 Å². The second-order valence-electron chi connectivity index (χ2n) is 12.3. The molecule has 0 aliphatic carbocycles. The maximum atomic E-state index is 12.6. The minimum Gasteiger partial charge on any atom is -0.480 e. The zero-order valence-corrected chi connectivity index (χ0v) is 28.5. The summed E-state index contributed by atoms with van der Waals surface area (Å²) < 4.78 is 5.87. The van der Waals surface area contributed by atoms with Crippen LogP contribution in [-0.4, -0.2) is 41.6 Å². The number of rotatable bonds is 32. The Balaban J connectivity index is 4.43. The number of esters is 1. The number of aliphatic carboxylic acids is 1. The third-order valence-electron chi connectivity index (χ3n) is 8.00. The molecule has 0 rings (SSSR count). The number of carbonyl (C=O) groups excluding carboxylic acids is 2. The Morgan fingerprint density at radius 3 is 1.86 bits per heavy atom. The van der Waals surface area contributed by atoms with Crippen molar-refractivity contribution in [1.29, 1.82) is 0 Å². The predicted octanol–water partition coefficient (Wildman–Crippen LogP) is 9.33. The van der Waals surface area contributed by atoms with Crippen molar-refractivity contribution >= 4 is 17.8 Å². The van der Waals surface area contributed by atoms with E-state index in [4.69, 9.17) is 10.5 Å². The molecule has 1 amide bonds. The third-order valence-corrected chi connectivity index (χ3v) is 8.00. The Kier molecular flexibility index (Phi) is 30.7. The number of ether oxygens (including phenoxy) is 1. The molecular weight excluding hydrogens is 552 g/mol. The van der Waals surface area contributed by atoms with Gasteiger partial charge in [0.2, 0.25) is 5.91 Å². The molecule has 0 fully saturated rings. The highest BCUT2D eigenvalue weighted by Gasteiger charge is 2.19. The molecule has 0 aromatic rings. The average Bonchev–Trinajstić information content (AvgIpc) is 3.00. The smallest absolute Gasteiger partial charge is 0.326 e. The number of carboxylic acids is 1. The number of carboxylic acid groups (broad SMARTS) is 1. The second-order valence-corrected chi connectivity index (χ2v) is 12.3. The largest absolute Gasteiger partial charge is 0.480 e. The van der Waals surface area contributed by atoms with Gasteiger partial charge in [0.1, 0.15) is 12.1 Å². The van der Waals surface area contributed by atoms with Crippen LogP contribution in [0.4, 0.5) is 0 Å². The lowest BCUT2D eigenvalue weighted by Crippen LogP contribution is -2.40. The monoisotopic (exact) mass is 621 g/mol. The van der Waals surface area contributed by atoms with Crippen LogP contribution in [0.25, 0.3) is 0 Å². The highest BCUT2D eigenvalue weighted by molar-refractivity contribution is 5.83. The molecule has 0 heterocycles. The Bertz CT molecular complexity index is 752. The maximum Gasteiger partial charge on any atom is 0.326 e. The number of nitrogens with two attached hydrogens (primary N) is 1. The summed E-state index contributed by atoms with van der Waals surface area (Å²) in [7, 11) is 0. The molecule has 0 aliphatic heterocycles. The van der Waals surface area contributed by atoms with Crippen LogP contribution in [0.5, 0.6) is 0 Å². The highest BCUT2D eigenvalue weighted by Crippen LogP contribution is 2.15. The summed E-state index contributed by atoms with van der Waals surface area (Å²) in [6.07, 6.45) is 33.7. The van der Waals surface area contributed by atoms with E-state index in [0.717, 1.165) is 51.4 Å². The lowest BCUT2D eigenvalue weighted by atomic mass is 10.1. The summed E-state index contributed by atoms with van der Waals surface area (Å²) >= 11 is 0. The molecule has 7 heteroatoms. The van der Waals surface area contributed by atoms with Gasteiger partial charge in [0, 0.05) is 12.8 Å². The highest BCUT2D eigenvalue weighted by atomic mass is 16.5. The number of hydrogen-bond donors (Lipinski definition) is 3. The Morgan fingerprint density at radius 2 is 1.25 bits per heavy atom. The van der Waals surface area contributed by atoms with Gasteiger partial charge in [-0.15, -0.1) is 0 Å². The van der Waals surface area contributed by atoms with Crippen molar-refractivity contribution < 1.29 is 24.2 Å². The number of amides is 1. The van der Waals surface area contributed by atoms with Crippen LogP contribution in [0, 0.1) is 0 Å². The first-order valence-electron chi connectivity index (χ1n) is 18.2. The topological polar surface area (TPSA) is 119 Å². The lowest BCUT2D eigenvalue weighted by Gasteiger charge is -2.15. The Hall–Kier alpha value is -2.15. The number of allylic oxidation sites excluding steroid dienone is 3. The molecule has 0 spiro atoms. The van der Waals surface area contributed by atoms with Gasteiger partial charge in [-0.05, 0) is 70.4 Å². The fraction of sp³-hybridized carbons (Fsp3) is 0.811. The van der Waals surface area contributed by atoms with Crippen LogP contribution in [0.3, 0.4) is 0 Å². The Labute approximate surface area is 270 Å². The van der Waals surface area contributed by atoms with Crippen LogP contribution in [0.2, 0.25) is 0 Å². The molecule has 2 unspecified atom stereocenters. The van der Waals surface area contributed by atoms with E-state index in [9.17, 15) is 19.5 Å². The molecule has 256 valence electrons. The van der Waals surface area contributed by atoms with Gasteiger partial charge >= 0.3 is 11.9 Å². The van der Waals surface area contributed by atoms with E-state index < -0.39 is 12.0 Å². The summed E-state index contributed by atoms with van der Waals surface area (Å²) in [5, 5.41) is 11.9. The van der Waals surface area contributed by atoms with E-state index in [1.165, 1.54) is 77.0 Å². The zero-order chi connectivity index (χ0) is 32.5. The van der Waals surface area contributed by atoms with Crippen molar-refractivity contribution in [3.8, 4) is 0 Å². The molecule has 0 bridgehead atoms. The van der Waals surface area contributed by atoms with Crippen molar-refractivity contribution in [3.63, 3.8) is 0 Å². The summed E-state index contributed by atoms with van der Waals surface area (Å²) in [5.41, 5.74) is 5.46. The van der Waals surface area contributed by atoms with Crippen molar-refractivity contribution in [2.75, 3.05) is 6.54 Å². The average molecular weight is 621 g/mol. The van der Waals surface area contributed by atoms with E-state index in [1.54, 1.807) is 0 Å². The number of hydrogen-bond acceptors (Lipinski definition) is 5. The predicted molar refractivity (Wildman–Crippen MR) is 184 cm³/mol. The van der Waals surface area contributed by atoms with Gasteiger partial charge in [0.05, 0.1) is 0 Å². The standard InChI is InChI=1S/C37H68N2O5/c1-3-5-7-9-11-13-15-17-19-25-31-36(41)44-33(27-22-18-16-14-12-10-8-6-4-2)28-23-20-21-24-30-35(40)39-34(37(42)43)29-26-32-38/h14,16,22,27,33-34H,3-13,15,17-21,23-26,28-32,38H2,1-2H3,(H,39,40)(H,42,43)/b16-14-,27-22-. The van der Waals surface area contributed by atoms with Crippen molar-refractivity contribution in [2.45, 2.75) is 187 Å². The van der Waals surface area contributed by atoms with Crippen molar-refractivity contribution in [1.82, 2.24) is 5.32 Å². The molecular formula is C37H68N2O5. The van der Waals surface area contributed by atoms with Gasteiger partial charge in [0.25, 0.3) is 0 Å². The van der Waals surface area contributed by atoms with Crippen LogP contribution in [0.15, 0.2) is 24.3 Å². The molecule has 0 aromatic carbocycles. The van der Waals surface area contributed by atoms with Gasteiger partial charge in [-0.3, -0.25) is 9.59 Å². The molecule has 0 aromatic heterocycles. The normalized spacial score (nSPS) is 13.0. The van der Waals surface area contributed by atoms with E-state index in [-0.39, 0.29) is 18.0 Å². The van der Waals surface area contributed by atoms with Crippen LogP contribution >= 0.6 is 0 Å². The van der Waals surface area contributed by atoms with Crippen molar-refractivity contribution in [2.24, 2.45) is 5.73 Å². The summed E-state index contributed by atoms with van der Waals surface area (Å²) in [4.78, 5) is 36.1. The van der Waals surface area contributed by atoms with Gasteiger partial charge < -0.3 is 20.9 Å². The molecule has 0 aliphatic rings. The second kappa shape index (κ2) is 32.2. The SMILES string of the molecule is CCCCCC/C=C\C/C=C\C(CCCCCCC(=O)NC(CCCN)C(=O)O)OC(=O)CCCCCCCCCCCC. The van der Waals surface area contributed by atoms with Crippen molar-refractivity contribution in [3.05, 3.63) is 24.3 Å². The Morgan fingerprint density at radius 1 is 0.682 bits per heavy atom. The van der Waals surface area contributed by atoms with Gasteiger partial charge in [-0.1, -0.05) is 122 Å². The number of carbonyl (C=O) groups is 3. The third kappa shape index (κ3) is 28.6. The molecule has 2 atom stereocenters. The molecule has 44 heavy (non-hydrogen) atoms. The first-order chi connectivity index (χ1) is 21.4. The fourth-order valence-electron chi connectivity index (χ4n) is 5.22. The fourth-order valence-corrected chi connectivity index (χ4v) is 5.22. The minimum absolute atomic E-state index is 0.107.